The number of nitrogens with one attached hydrogen (secondary N) is 2. The van der Waals surface area contributed by atoms with Gasteiger partial charge in [0.15, 0.2) is 23.0 Å². The summed E-state index contributed by atoms with van der Waals surface area (Å²) in [5.41, 5.74) is 6.22. The number of aromatic hydroxyl groups is 2. The highest BCUT2D eigenvalue weighted by Gasteiger charge is 2.04. The molecule has 2 aromatic carbocycles. The number of phenolic OH excluding ortho intramolecular Hbond substituents is 2. The molecule has 0 heterocycles. The van der Waals surface area contributed by atoms with Gasteiger partial charge in [0, 0.05) is 12.8 Å². The van der Waals surface area contributed by atoms with E-state index in [4.69, 9.17) is 9.47 Å². The van der Waals surface area contributed by atoms with Gasteiger partial charge in [-0.3, -0.25) is 9.59 Å². The number of hydrogen-bond donors (Lipinski definition) is 4. The molecule has 0 atom stereocenters. The molecule has 33 heavy (non-hydrogen) atoms. The molecular formula is C23H28N4O6. The highest BCUT2D eigenvalue weighted by molar-refractivity contribution is 5.84. The molecular weight excluding hydrogens is 428 g/mol. The van der Waals surface area contributed by atoms with Gasteiger partial charge in [-0.25, -0.2) is 10.9 Å². The van der Waals surface area contributed by atoms with Gasteiger partial charge in [0.05, 0.1) is 26.6 Å². The minimum Gasteiger partial charge on any atom is -0.504 e. The Morgan fingerprint density at radius 1 is 0.788 bits per heavy atom. The molecule has 0 radical (unpaired) electrons. The van der Waals surface area contributed by atoms with Crippen molar-refractivity contribution in [3.8, 4) is 23.0 Å². The van der Waals surface area contributed by atoms with E-state index in [0.29, 0.717) is 54.7 Å². The molecule has 0 aliphatic rings. The molecule has 10 nitrogen and oxygen atoms in total. The van der Waals surface area contributed by atoms with E-state index >= 15 is 0 Å². The summed E-state index contributed by atoms with van der Waals surface area (Å²) in [5.74, 6) is 0.237. The average molecular weight is 456 g/mol. The van der Waals surface area contributed by atoms with E-state index in [1.807, 2.05) is 0 Å². The zero-order valence-corrected chi connectivity index (χ0v) is 18.6. The summed E-state index contributed by atoms with van der Waals surface area (Å²) in [6.07, 6.45) is 5.45. The van der Waals surface area contributed by atoms with Gasteiger partial charge < -0.3 is 19.7 Å². The molecule has 2 aromatic rings. The summed E-state index contributed by atoms with van der Waals surface area (Å²) >= 11 is 0. The maximum Gasteiger partial charge on any atom is 0.240 e. The zero-order valence-electron chi connectivity index (χ0n) is 18.6. The van der Waals surface area contributed by atoms with Crippen LogP contribution in [0.1, 0.15) is 43.2 Å². The number of hydrogen-bond acceptors (Lipinski definition) is 8. The number of hydrazone groups is 2. The van der Waals surface area contributed by atoms with Crippen molar-refractivity contribution >= 4 is 24.2 Å². The summed E-state index contributed by atoms with van der Waals surface area (Å²) in [7, 11) is 2.90. The van der Waals surface area contributed by atoms with Gasteiger partial charge in [-0.15, -0.1) is 0 Å². The average Bonchev–Trinajstić information content (AvgIpc) is 2.81. The number of unbranched alkanes of at least 4 members (excludes halogenated alkanes) is 2. The van der Waals surface area contributed by atoms with Gasteiger partial charge in [-0.05, 0) is 60.4 Å². The molecule has 2 rings (SSSR count). The van der Waals surface area contributed by atoms with E-state index in [-0.39, 0.29) is 23.3 Å². The van der Waals surface area contributed by atoms with Gasteiger partial charge in [-0.2, -0.15) is 10.2 Å². The fourth-order valence-electron chi connectivity index (χ4n) is 2.77. The van der Waals surface area contributed by atoms with Crippen LogP contribution in [0, 0.1) is 0 Å². The fourth-order valence-corrected chi connectivity index (χ4v) is 2.77. The molecule has 0 aliphatic heterocycles. The first-order chi connectivity index (χ1) is 15.9. The van der Waals surface area contributed by atoms with Crippen LogP contribution in [0.4, 0.5) is 0 Å². The van der Waals surface area contributed by atoms with Crippen molar-refractivity contribution in [3.05, 3.63) is 47.5 Å². The topological polar surface area (TPSA) is 142 Å². The monoisotopic (exact) mass is 456 g/mol. The molecule has 2 amide bonds. The lowest BCUT2D eigenvalue weighted by atomic mass is 10.1. The lowest BCUT2D eigenvalue weighted by Crippen LogP contribution is -2.18. The zero-order chi connectivity index (χ0) is 24.1. The second-order valence-corrected chi connectivity index (χ2v) is 7.01. The van der Waals surface area contributed by atoms with Crippen molar-refractivity contribution in [1.82, 2.24) is 10.9 Å². The van der Waals surface area contributed by atoms with E-state index in [1.165, 1.54) is 38.8 Å². The summed E-state index contributed by atoms with van der Waals surface area (Å²) in [4.78, 5) is 23.7. The highest BCUT2D eigenvalue weighted by atomic mass is 16.5. The third kappa shape index (κ3) is 8.90. The predicted octanol–water partition coefficient (Wildman–Crippen LogP) is 2.67. The third-order valence-electron chi connectivity index (χ3n) is 4.52. The Balaban J connectivity index is 1.60. The van der Waals surface area contributed by atoms with E-state index < -0.39 is 0 Å². The molecule has 0 unspecified atom stereocenters. The number of rotatable bonds is 12. The van der Waals surface area contributed by atoms with E-state index in [0.717, 1.165) is 0 Å². The number of ether oxygens (including phenoxy) is 2. The second kappa shape index (κ2) is 13.4. The Hall–Kier alpha value is -4.08. The summed E-state index contributed by atoms with van der Waals surface area (Å²) < 4.78 is 10.0. The van der Waals surface area contributed by atoms with E-state index in [9.17, 15) is 19.8 Å². The minimum atomic E-state index is -0.227. The molecule has 0 aromatic heterocycles. The molecule has 0 spiro atoms. The number of amides is 2. The van der Waals surface area contributed by atoms with Gasteiger partial charge in [0.2, 0.25) is 11.8 Å². The van der Waals surface area contributed by atoms with Gasteiger partial charge in [-0.1, -0.05) is 6.42 Å². The number of carbonyl (C=O) groups is 2. The largest absolute Gasteiger partial charge is 0.504 e. The van der Waals surface area contributed by atoms with Crippen molar-refractivity contribution in [2.24, 2.45) is 10.2 Å². The molecule has 10 heteroatoms. The van der Waals surface area contributed by atoms with Crippen molar-refractivity contribution in [3.63, 3.8) is 0 Å². The first-order valence-electron chi connectivity index (χ1n) is 10.3. The normalized spacial score (nSPS) is 11.0. The second-order valence-electron chi connectivity index (χ2n) is 7.01. The number of phenols is 2. The maximum absolute atomic E-state index is 11.8. The van der Waals surface area contributed by atoms with Crippen molar-refractivity contribution in [2.45, 2.75) is 32.1 Å². The Bertz CT molecular complexity index is 927. The summed E-state index contributed by atoms with van der Waals surface area (Å²) in [6, 6.07) is 9.44. The lowest BCUT2D eigenvalue weighted by molar-refractivity contribution is -0.121. The fraction of sp³-hybridized carbons (Fsp3) is 0.304. The van der Waals surface area contributed by atoms with Crippen molar-refractivity contribution in [2.75, 3.05) is 14.2 Å². The van der Waals surface area contributed by atoms with Crippen LogP contribution in [-0.4, -0.2) is 48.7 Å². The van der Waals surface area contributed by atoms with Crippen LogP contribution in [0.15, 0.2) is 46.6 Å². The van der Waals surface area contributed by atoms with Crippen molar-refractivity contribution in [1.29, 1.82) is 0 Å². The summed E-state index contributed by atoms with van der Waals surface area (Å²) in [6.45, 7) is 0. The Kier molecular flexibility index (Phi) is 10.2. The molecule has 0 aliphatic carbocycles. The molecule has 4 N–H and O–H groups in total. The van der Waals surface area contributed by atoms with Crippen LogP contribution in [0.5, 0.6) is 23.0 Å². The number of methoxy groups -OCH3 is 2. The highest BCUT2D eigenvalue weighted by Crippen LogP contribution is 2.26. The van der Waals surface area contributed by atoms with Gasteiger partial charge in [0.25, 0.3) is 0 Å². The molecule has 0 fully saturated rings. The Morgan fingerprint density at radius 2 is 1.21 bits per heavy atom. The van der Waals surface area contributed by atoms with Gasteiger partial charge in [0.1, 0.15) is 0 Å². The van der Waals surface area contributed by atoms with Gasteiger partial charge >= 0.3 is 0 Å². The quantitative estimate of drug-likeness (QED) is 0.220. The van der Waals surface area contributed by atoms with Crippen LogP contribution in [-0.2, 0) is 9.59 Å². The molecule has 0 bridgehead atoms. The number of carbonyl (C=O) groups excluding carboxylic acids is 2. The van der Waals surface area contributed by atoms with Crippen LogP contribution in [0.2, 0.25) is 0 Å². The first-order valence-corrected chi connectivity index (χ1v) is 10.3. The smallest absolute Gasteiger partial charge is 0.240 e. The number of nitrogens with zero attached hydrogens (tertiary/aromatic N) is 2. The Morgan fingerprint density at radius 3 is 1.61 bits per heavy atom. The molecule has 0 saturated heterocycles. The van der Waals surface area contributed by atoms with E-state index in [2.05, 4.69) is 21.1 Å². The van der Waals surface area contributed by atoms with Crippen LogP contribution in [0.3, 0.4) is 0 Å². The minimum absolute atomic E-state index is 0.0252. The van der Waals surface area contributed by atoms with Crippen LogP contribution in [0.25, 0.3) is 0 Å². The SMILES string of the molecule is COc1cc(/C=N\NC(=O)CCCCCC(=O)N/N=C\c2ccc(O)c(OC)c2)ccc1O. The van der Waals surface area contributed by atoms with E-state index in [1.54, 1.807) is 24.3 Å². The standard InChI is InChI=1S/C23H28N4O6/c1-32-20-12-16(8-10-18(20)28)14-24-26-22(30)6-4-3-5-7-23(31)27-25-15-17-9-11-19(29)21(13-17)33-2/h8-15,28-29H,3-7H2,1-2H3,(H,26,30)(H,27,31)/b24-14-,25-15-. The predicted molar refractivity (Wildman–Crippen MR) is 124 cm³/mol. The van der Waals surface area contributed by atoms with Crippen LogP contribution < -0.4 is 20.3 Å². The maximum atomic E-state index is 11.8. The third-order valence-corrected chi connectivity index (χ3v) is 4.52. The Labute approximate surface area is 191 Å². The number of benzene rings is 2. The first kappa shape index (κ1) is 25.2. The molecule has 176 valence electrons. The lowest BCUT2D eigenvalue weighted by Gasteiger charge is -2.04. The molecule has 0 saturated carbocycles. The van der Waals surface area contributed by atoms with Crippen LogP contribution >= 0.6 is 0 Å². The summed E-state index contributed by atoms with van der Waals surface area (Å²) in [5, 5.41) is 26.9. The van der Waals surface area contributed by atoms with Crippen molar-refractivity contribution < 1.29 is 29.3 Å².